The molecule has 0 amide bonds. The predicted octanol–water partition coefficient (Wildman–Crippen LogP) is 4.35. The molecule has 0 saturated carbocycles. The fourth-order valence-corrected chi connectivity index (χ4v) is 2.33. The van der Waals surface area contributed by atoms with Gasteiger partial charge in [-0.3, -0.25) is 0 Å². The highest BCUT2D eigenvalue weighted by molar-refractivity contribution is 5.92. The molecule has 0 bridgehead atoms. The van der Waals surface area contributed by atoms with Gasteiger partial charge in [0, 0.05) is 6.08 Å². The van der Waals surface area contributed by atoms with Crippen molar-refractivity contribution >= 4 is 11.5 Å². The van der Waals surface area contributed by atoms with E-state index in [9.17, 15) is 18.0 Å². The van der Waals surface area contributed by atoms with Crippen LogP contribution in [0.2, 0.25) is 0 Å². The van der Waals surface area contributed by atoms with E-state index in [1.165, 1.54) is 12.1 Å². The number of esters is 1. The van der Waals surface area contributed by atoms with Crippen molar-refractivity contribution in [1.29, 1.82) is 0 Å². The fourth-order valence-electron chi connectivity index (χ4n) is 2.33. The van der Waals surface area contributed by atoms with Crippen LogP contribution in [0.4, 0.5) is 13.2 Å². The Kier molecular flexibility index (Phi) is 4.84. The van der Waals surface area contributed by atoms with Crippen molar-refractivity contribution in [2.45, 2.75) is 45.6 Å². The molecular weight excluding hydrogens is 309 g/mol. The molecule has 1 aromatic rings. The fraction of sp³-hybridized carbons (Fsp3) is 0.471. The molecule has 2 rings (SSSR count). The number of carbonyl (C=O) groups is 1. The largest absolute Gasteiger partial charge is 0.457 e. The van der Waals surface area contributed by atoms with Crippen molar-refractivity contribution in [2.24, 2.45) is 0 Å². The van der Waals surface area contributed by atoms with E-state index >= 15 is 0 Å². The summed E-state index contributed by atoms with van der Waals surface area (Å²) in [5, 5.41) is 0. The van der Waals surface area contributed by atoms with Crippen LogP contribution >= 0.6 is 0 Å². The molecule has 23 heavy (non-hydrogen) atoms. The van der Waals surface area contributed by atoms with Gasteiger partial charge in [0.1, 0.15) is 5.60 Å². The molecule has 126 valence electrons. The summed E-state index contributed by atoms with van der Waals surface area (Å²) in [5.74, 6) is -0.514. The second kappa shape index (κ2) is 6.35. The Labute approximate surface area is 133 Å². The van der Waals surface area contributed by atoms with E-state index in [0.29, 0.717) is 29.7 Å². The van der Waals surface area contributed by atoms with E-state index in [1.54, 1.807) is 20.8 Å². The van der Waals surface area contributed by atoms with Crippen LogP contribution in [0.5, 0.6) is 0 Å². The highest BCUT2D eigenvalue weighted by Gasteiger charge is 2.31. The maximum Gasteiger partial charge on any atom is 0.416 e. The van der Waals surface area contributed by atoms with E-state index in [1.807, 2.05) is 0 Å². The molecule has 3 nitrogen and oxygen atoms in total. The summed E-state index contributed by atoms with van der Waals surface area (Å²) in [5.41, 5.74) is 0.297. The number of hydrogen-bond acceptors (Lipinski definition) is 3. The molecule has 0 saturated heterocycles. The smallest absolute Gasteiger partial charge is 0.416 e. The minimum Gasteiger partial charge on any atom is -0.457 e. The number of hydrogen-bond donors (Lipinski definition) is 0. The molecule has 0 N–H and O–H groups in total. The number of rotatable bonds is 1. The number of benzene rings is 1. The Morgan fingerprint density at radius 2 is 1.96 bits per heavy atom. The number of ether oxygens (including phenoxy) is 2. The minimum atomic E-state index is -4.41. The van der Waals surface area contributed by atoms with Crippen LogP contribution in [0.1, 0.15) is 43.9 Å². The van der Waals surface area contributed by atoms with E-state index in [-0.39, 0.29) is 6.61 Å². The quantitative estimate of drug-likeness (QED) is 0.568. The van der Waals surface area contributed by atoms with Crippen LogP contribution in [-0.2, 0) is 27.1 Å². The second-order valence-electron chi connectivity index (χ2n) is 6.38. The molecular formula is C17H19F3O3. The average Bonchev–Trinajstić information content (AvgIpc) is 2.57. The van der Waals surface area contributed by atoms with Crippen LogP contribution in [-0.4, -0.2) is 18.2 Å². The lowest BCUT2D eigenvalue weighted by Crippen LogP contribution is -2.22. The first-order valence-electron chi connectivity index (χ1n) is 7.28. The molecule has 1 aliphatic rings. The van der Waals surface area contributed by atoms with E-state index < -0.39 is 23.3 Å². The third-order valence-corrected chi connectivity index (χ3v) is 3.25. The lowest BCUT2D eigenvalue weighted by atomic mass is 9.96. The van der Waals surface area contributed by atoms with Crippen molar-refractivity contribution in [3.63, 3.8) is 0 Å². The Morgan fingerprint density at radius 3 is 2.57 bits per heavy atom. The first kappa shape index (κ1) is 17.5. The zero-order valence-electron chi connectivity index (χ0n) is 13.3. The van der Waals surface area contributed by atoms with Crippen molar-refractivity contribution in [2.75, 3.05) is 6.61 Å². The van der Waals surface area contributed by atoms with Crippen LogP contribution in [0.15, 0.2) is 24.3 Å². The van der Waals surface area contributed by atoms with E-state index in [4.69, 9.17) is 9.47 Å². The SMILES string of the molecule is CC(C)(C)OC(=O)/C=C1\CCOCc2cc(C(F)(F)F)ccc21. The van der Waals surface area contributed by atoms with Gasteiger partial charge in [-0.15, -0.1) is 0 Å². The van der Waals surface area contributed by atoms with Gasteiger partial charge in [-0.2, -0.15) is 13.2 Å². The van der Waals surface area contributed by atoms with Gasteiger partial charge in [0.2, 0.25) is 0 Å². The topological polar surface area (TPSA) is 35.5 Å². The molecule has 0 aromatic heterocycles. The summed E-state index contributed by atoms with van der Waals surface area (Å²) in [6.07, 6.45) is -2.62. The van der Waals surface area contributed by atoms with Gasteiger partial charge in [0.25, 0.3) is 0 Å². The lowest BCUT2D eigenvalue weighted by molar-refractivity contribution is -0.148. The minimum absolute atomic E-state index is 0.0882. The molecule has 0 unspecified atom stereocenters. The van der Waals surface area contributed by atoms with Crippen molar-refractivity contribution in [3.8, 4) is 0 Å². The number of fused-ring (bicyclic) bond motifs is 1. The van der Waals surface area contributed by atoms with Crippen LogP contribution in [0.3, 0.4) is 0 Å². The molecule has 0 atom stereocenters. The zero-order valence-corrected chi connectivity index (χ0v) is 13.3. The molecule has 1 aromatic carbocycles. The Hall–Kier alpha value is -1.82. The molecule has 0 spiro atoms. The Bertz CT molecular complexity index is 625. The molecule has 1 heterocycles. The first-order chi connectivity index (χ1) is 10.6. The van der Waals surface area contributed by atoms with Crippen LogP contribution < -0.4 is 0 Å². The summed E-state index contributed by atoms with van der Waals surface area (Å²) in [4.78, 5) is 12.0. The summed E-state index contributed by atoms with van der Waals surface area (Å²) >= 11 is 0. The Morgan fingerprint density at radius 1 is 1.26 bits per heavy atom. The highest BCUT2D eigenvalue weighted by atomic mass is 19.4. The average molecular weight is 328 g/mol. The molecule has 0 fully saturated rings. The van der Waals surface area contributed by atoms with Crippen LogP contribution in [0, 0.1) is 0 Å². The van der Waals surface area contributed by atoms with Gasteiger partial charge in [0.05, 0.1) is 18.8 Å². The number of halogens is 3. The standard InChI is InChI=1S/C17H19F3O3/c1-16(2,3)23-15(21)9-11-6-7-22-10-12-8-13(17(18,19)20)4-5-14(11)12/h4-5,8-9H,6-7,10H2,1-3H3/b11-9+. The van der Waals surface area contributed by atoms with Gasteiger partial charge in [0.15, 0.2) is 0 Å². The molecule has 6 heteroatoms. The predicted molar refractivity (Wildman–Crippen MR) is 79.5 cm³/mol. The van der Waals surface area contributed by atoms with Crippen LogP contribution in [0.25, 0.3) is 5.57 Å². The van der Waals surface area contributed by atoms with Crippen molar-refractivity contribution < 1.29 is 27.4 Å². The van der Waals surface area contributed by atoms with Gasteiger partial charge >= 0.3 is 12.1 Å². The zero-order chi connectivity index (χ0) is 17.3. The second-order valence-corrected chi connectivity index (χ2v) is 6.38. The highest BCUT2D eigenvalue weighted by Crippen LogP contribution is 2.34. The Balaban J connectivity index is 2.36. The normalized spacial score (nSPS) is 17.6. The molecule has 1 aliphatic heterocycles. The molecule has 0 aliphatic carbocycles. The summed E-state index contributed by atoms with van der Waals surface area (Å²) in [6, 6.07) is 3.49. The van der Waals surface area contributed by atoms with Gasteiger partial charge in [-0.25, -0.2) is 4.79 Å². The third kappa shape index (κ3) is 4.82. The van der Waals surface area contributed by atoms with Gasteiger partial charge in [-0.1, -0.05) is 6.07 Å². The summed E-state index contributed by atoms with van der Waals surface area (Å²) < 4.78 is 49.0. The van der Waals surface area contributed by atoms with E-state index in [0.717, 1.165) is 12.1 Å². The summed E-state index contributed by atoms with van der Waals surface area (Å²) in [6.45, 7) is 5.69. The maximum atomic E-state index is 12.8. The molecule has 0 radical (unpaired) electrons. The van der Waals surface area contributed by atoms with E-state index in [2.05, 4.69) is 0 Å². The van der Waals surface area contributed by atoms with Crippen molar-refractivity contribution in [3.05, 3.63) is 41.0 Å². The third-order valence-electron chi connectivity index (χ3n) is 3.25. The lowest BCUT2D eigenvalue weighted by Gasteiger charge is -2.19. The monoisotopic (exact) mass is 328 g/mol. The first-order valence-corrected chi connectivity index (χ1v) is 7.28. The summed E-state index contributed by atoms with van der Waals surface area (Å²) in [7, 11) is 0. The number of carbonyl (C=O) groups excluding carboxylic acids is 1. The van der Waals surface area contributed by atoms with Gasteiger partial charge in [-0.05, 0) is 56.0 Å². The van der Waals surface area contributed by atoms with Crippen molar-refractivity contribution in [1.82, 2.24) is 0 Å². The number of alkyl halides is 3. The van der Waals surface area contributed by atoms with Gasteiger partial charge < -0.3 is 9.47 Å². The maximum absolute atomic E-state index is 12.8.